The molecule has 1 aliphatic rings. The Kier molecular flexibility index (Phi) is 5.03. The van der Waals surface area contributed by atoms with E-state index in [4.69, 9.17) is 11.6 Å². The molecular formula is C21H19ClN4O. The summed E-state index contributed by atoms with van der Waals surface area (Å²) in [5.41, 5.74) is 3.90. The lowest BCUT2D eigenvalue weighted by molar-refractivity contribution is 0.0946. The summed E-state index contributed by atoms with van der Waals surface area (Å²) in [7, 11) is 0. The minimum absolute atomic E-state index is 0.240. The topological polar surface area (TPSA) is 58.1 Å². The van der Waals surface area contributed by atoms with Crippen LogP contribution in [0.4, 0.5) is 5.82 Å². The first-order valence-corrected chi connectivity index (χ1v) is 9.24. The van der Waals surface area contributed by atoms with E-state index < -0.39 is 0 Å². The average molecular weight is 379 g/mol. The Labute approximate surface area is 163 Å². The van der Waals surface area contributed by atoms with Crippen LogP contribution in [-0.2, 0) is 19.5 Å². The Morgan fingerprint density at radius 3 is 2.70 bits per heavy atom. The third-order valence-corrected chi connectivity index (χ3v) is 5.11. The fourth-order valence-electron chi connectivity index (χ4n) is 3.24. The van der Waals surface area contributed by atoms with Gasteiger partial charge in [-0.05, 0) is 29.2 Å². The molecule has 27 heavy (non-hydrogen) atoms. The van der Waals surface area contributed by atoms with Gasteiger partial charge in [-0.2, -0.15) is 0 Å². The number of carbonyl (C=O) groups is 1. The number of fused-ring (bicyclic) bond motifs is 1. The molecule has 3 aromatic rings. The van der Waals surface area contributed by atoms with Crippen LogP contribution in [0.5, 0.6) is 0 Å². The first kappa shape index (κ1) is 17.5. The van der Waals surface area contributed by atoms with Crippen molar-refractivity contribution in [2.75, 3.05) is 11.4 Å². The number of amides is 1. The lowest BCUT2D eigenvalue weighted by atomic mass is 10.00. The molecule has 2 heterocycles. The van der Waals surface area contributed by atoms with Gasteiger partial charge in [0, 0.05) is 30.7 Å². The van der Waals surface area contributed by atoms with Crippen LogP contribution in [0.1, 0.15) is 27.2 Å². The maximum atomic E-state index is 12.5. The van der Waals surface area contributed by atoms with Crippen LogP contribution in [0.2, 0.25) is 5.02 Å². The van der Waals surface area contributed by atoms with Crippen molar-refractivity contribution in [1.82, 2.24) is 15.3 Å². The largest absolute Gasteiger partial charge is 0.352 e. The predicted molar refractivity (Wildman–Crippen MR) is 106 cm³/mol. The molecule has 0 aliphatic carbocycles. The average Bonchev–Trinajstić information content (AvgIpc) is 2.72. The van der Waals surface area contributed by atoms with E-state index in [9.17, 15) is 4.79 Å². The lowest BCUT2D eigenvalue weighted by Gasteiger charge is -2.29. The molecule has 1 aromatic heterocycles. The molecule has 6 heteroatoms. The van der Waals surface area contributed by atoms with Gasteiger partial charge in [-0.15, -0.1) is 0 Å². The van der Waals surface area contributed by atoms with E-state index in [1.54, 1.807) is 12.1 Å². The molecule has 0 saturated heterocycles. The highest BCUT2D eigenvalue weighted by atomic mass is 35.5. The van der Waals surface area contributed by atoms with Crippen molar-refractivity contribution >= 4 is 23.3 Å². The van der Waals surface area contributed by atoms with E-state index >= 15 is 0 Å². The quantitative estimate of drug-likeness (QED) is 0.753. The zero-order chi connectivity index (χ0) is 18.6. The number of aromatic nitrogens is 2. The maximum Gasteiger partial charge on any atom is 0.270 e. The van der Waals surface area contributed by atoms with Gasteiger partial charge in [0.15, 0.2) is 0 Å². The zero-order valence-corrected chi connectivity index (χ0v) is 15.5. The minimum atomic E-state index is -0.240. The Morgan fingerprint density at radius 2 is 1.85 bits per heavy atom. The summed E-state index contributed by atoms with van der Waals surface area (Å²) in [6.07, 6.45) is 2.41. The van der Waals surface area contributed by atoms with Crippen molar-refractivity contribution in [3.05, 3.63) is 88.3 Å². The number of hydrogen-bond acceptors (Lipinski definition) is 4. The van der Waals surface area contributed by atoms with E-state index in [1.807, 2.05) is 18.2 Å². The Balaban J connectivity index is 1.46. The standard InChI is InChI=1S/C21H19ClN4O/c22-18-8-4-3-6-16(18)12-23-21(27)19-11-20(25-14-24-19)26-10-9-15-5-1-2-7-17(15)13-26/h1-8,11,14H,9-10,12-13H2,(H,23,27). The summed E-state index contributed by atoms with van der Waals surface area (Å²) in [4.78, 5) is 23.2. The van der Waals surface area contributed by atoms with E-state index in [2.05, 4.69) is 44.5 Å². The molecule has 136 valence electrons. The molecular weight excluding hydrogens is 360 g/mol. The minimum Gasteiger partial charge on any atom is -0.352 e. The van der Waals surface area contributed by atoms with Crippen LogP contribution in [-0.4, -0.2) is 22.4 Å². The van der Waals surface area contributed by atoms with Crippen LogP contribution < -0.4 is 10.2 Å². The van der Waals surface area contributed by atoms with Crippen LogP contribution in [0.25, 0.3) is 0 Å². The van der Waals surface area contributed by atoms with Crippen molar-refractivity contribution in [2.24, 2.45) is 0 Å². The Bertz CT molecular complexity index is 976. The third kappa shape index (κ3) is 3.93. The molecule has 0 unspecified atom stereocenters. The number of hydrogen-bond donors (Lipinski definition) is 1. The molecule has 4 rings (SSSR count). The van der Waals surface area contributed by atoms with Crippen molar-refractivity contribution in [1.29, 1.82) is 0 Å². The lowest BCUT2D eigenvalue weighted by Crippen LogP contribution is -2.31. The third-order valence-electron chi connectivity index (χ3n) is 4.74. The van der Waals surface area contributed by atoms with Crippen molar-refractivity contribution in [2.45, 2.75) is 19.5 Å². The Morgan fingerprint density at radius 1 is 1.07 bits per heavy atom. The van der Waals surface area contributed by atoms with Gasteiger partial charge < -0.3 is 10.2 Å². The van der Waals surface area contributed by atoms with Gasteiger partial charge >= 0.3 is 0 Å². The van der Waals surface area contributed by atoms with Crippen LogP contribution in [0.15, 0.2) is 60.9 Å². The fraction of sp³-hybridized carbons (Fsp3) is 0.190. The number of benzene rings is 2. The van der Waals surface area contributed by atoms with Crippen LogP contribution in [0.3, 0.4) is 0 Å². The zero-order valence-electron chi connectivity index (χ0n) is 14.7. The normalized spacial score (nSPS) is 13.1. The molecule has 0 radical (unpaired) electrons. The van der Waals surface area contributed by atoms with E-state index in [-0.39, 0.29) is 5.91 Å². The van der Waals surface area contributed by atoms with Gasteiger partial charge in [-0.1, -0.05) is 54.1 Å². The highest BCUT2D eigenvalue weighted by molar-refractivity contribution is 6.31. The molecule has 0 fully saturated rings. The fourth-order valence-corrected chi connectivity index (χ4v) is 3.45. The van der Waals surface area contributed by atoms with Crippen molar-refractivity contribution in [3.8, 4) is 0 Å². The van der Waals surface area contributed by atoms with Gasteiger partial charge in [0.2, 0.25) is 0 Å². The molecule has 5 nitrogen and oxygen atoms in total. The van der Waals surface area contributed by atoms with Crippen molar-refractivity contribution in [3.63, 3.8) is 0 Å². The Hall–Kier alpha value is -2.92. The first-order chi connectivity index (χ1) is 13.2. The second-order valence-electron chi connectivity index (χ2n) is 6.48. The maximum absolute atomic E-state index is 12.5. The summed E-state index contributed by atoms with van der Waals surface area (Å²) in [6, 6.07) is 17.6. The molecule has 0 atom stereocenters. The first-order valence-electron chi connectivity index (χ1n) is 8.86. The molecule has 1 amide bonds. The van der Waals surface area contributed by atoms with E-state index in [0.29, 0.717) is 17.3 Å². The smallest absolute Gasteiger partial charge is 0.270 e. The summed E-state index contributed by atoms with van der Waals surface area (Å²) < 4.78 is 0. The summed E-state index contributed by atoms with van der Waals surface area (Å²) in [5, 5.41) is 3.50. The molecule has 1 N–H and O–H groups in total. The second kappa shape index (κ2) is 7.76. The van der Waals surface area contributed by atoms with Gasteiger partial charge in [-0.3, -0.25) is 4.79 Å². The molecule has 0 saturated carbocycles. The number of nitrogens with one attached hydrogen (secondary N) is 1. The van der Waals surface area contributed by atoms with Crippen molar-refractivity contribution < 1.29 is 4.79 Å². The molecule has 1 aliphatic heterocycles. The molecule has 0 spiro atoms. The van der Waals surface area contributed by atoms with E-state index in [0.717, 1.165) is 30.9 Å². The van der Waals surface area contributed by atoms with Gasteiger partial charge in [0.05, 0.1) is 0 Å². The summed E-state index contributed by atoms with van der Waals surface area (Å²) >= 11 is 6.14. The van der Waals surface area contributed by atoms with Gasteiger partial charge in [0.1, 0.15) is 17.8 Å². The molecule has 0 bridgehead atoms. The van der Waals surface area contributed by atoms with E-state index in [1.165, 1.54) is 17.5 Å². The van der Waals surface area contributed by atoms with Crippen LogP contribution in [0, 0.1) is 0 Å². The molecule has 2 aromatic carbocycles. The highest BCUT2D eigenvalue weighted by Gasteiger charge is 2.18. The number of rotatable bonds is 4. The van der Waals surface area contributed by atoms with Gasteiger partial charge in [-0.25, -0.2) is 9.97 Å². The van der Waals surface area contributed by atoms with Crippen LogP contribution >= 0.6 is 11.6 Å². The number of carbonyl (C=O) groups excluding carboxylic acids is 1. The number of anilines is 1. The monoisotopic (exact) mass is 378 g/mol. The van der Waals surface area contributed by atoms with Gasteiger partial charge in [0.25, 0.3) is 5.91 Å². The number of halogens is 1. The predicted octanol–water partition coefficient (Wildman–Crippen LogP) is 3.62. The summed E-state index contributed by atoms with van der Waals surface area (Å²) in [5.74, 6) is 0.526. The summed E-state index contributed by atoms with van der Waals surface area (Å²) in [6.45, 7) is 2.01. The SMILES string of the molecule is O=C(NCc1ccccc1Cl)c1cc(N2CCc3ccccc3C2)ncn1. The second-order valence-corrected chi connectivity index (χ2v) is 6.88. The highest BCUT2D eigenvalue weighted by Crippen LogP contribution is 2.23. The number of nitrogens with zero attached hydrogens (tertiary/aromatic N) is 3.